The number of nitrogens with one attached hydrogen (secondary N) is 1. The molecule has 8 nitrogen and oxygen atoms in total. The number of hydrogen-bond acceptors (Lipinski definition) is 5. The molecule has 4 aromatic rings. The predicted octanol–water partition coefficient (Wildman–Crippen LogP) is 5.45. The Hall–Kier alpha value is -3.81. The van der Waals surface area contributed by atoms with Crippen molar-refractivity contribution in [3.05, 3.63) is 76.0 Å². The van der Waals surface area contributed by atoms with Gasteiger partial charge in [-0.2, -0.15) is 0 Å². The number of imidazole rings is 1. The van der Waals surface area contributed by atoms with Gasteiger partial charge in [0.25, 0.3) is 0 Å². The van der Waals surface area contributed by atoms with Crippen molar-refractivity contribution in [1.29, 1.82) is 0 Å². The Bertz CT molecular complexity index is 1390. The highest BCUT2D eigenvalue weighted by Gasteiger charge is 2.26. The summed E-state index contributed by atoms with van der Waals surface area (Å²) in [6.07, 6.45) is 7.89. The lowest BCUT2D eigenvalue weighted by Gasteiger charge is -2.23. The molecule has 37 heavy (non-hydrogen) atoms. The summed E-state index contributed by atoms with van der Waals surface area (Å²) in [7, 11) is 0. The molecule has 2 aromatic heterocycles. The number of benzene rings is 2. The van der Waals surface area contributed by atoms with Crippen molar-refractivity contribution in [2.24, 2.45) is 5.92 Å². The summed E-state index contributed by atoms with van der Waals surface area (Å²) in [5, 5.41) is 14.3. The van der Waals surface area contributed by atoms with E-state index in [0.29, 0.717) is 24.0 Å². The minimum Gasteiger partial charge on any atom is -0.296 e. The van der Waals surface area contributed by atoms with Gasteiger partial charge in [0.2, 0.25) is 0 Å². The highest BCUT2D eigenvalue weighted by Crippen LogP contribution is 2.31. The van der Waals surface area contributed by atoms with E-state index in [1.807, 2.05) is 28.8 Å². The van der Waals surface area contributed by atoms with Crippen LogP contribution in [0.1, 0.15) is 80.2 Å². The van der Waals surface area contributed by atoms with E-state index in [1.54, 1.807) is 4.57 Å². The van der Waals surface area contributed by atoms with Gasteiger partial charge >= 0.3 is 5.69 Å². The number of nitrogens with zero attached hydrogens (tertiary/aromatic N) is 5. The second kappa shape index (κ2) is 11.1. The van der Waals surface area contributed by atoms with Crippen LogP contribution in [-0.2, 0) is 13.0 Å². The lowest BCUT2D eigenvalue weighted by Crippen LogP contribution is -2.30. The van der Waals surface area contributed by atoms with Gasteiger partial charge in [-0.15, -0.1) is 5.10 Å². The third kappa shape index (κ3) is 5.19. The summed E-state index contributed by atoms with van der Waals surface area (Å²) < 4.78 is 3.64. The second-order valence-corrected chi connectivity index (χ2v) is 10.4. The van der Waals surface area contributed by atoms with Gasteiger partial charge in [-0.05, 0) is 58.7 Å². The zero-order valence-corrected chi connectivity index (χ0v) is 21.6. The number of aldehydes is 1. The van der Waals surface area contributed by atoms with E-state index < -0.39 is 0 Å². The van der Waals surface area contributed by atoms with E-state index in [-0.39, 0.29) is 11.7 Å². The van der Waals surface area contributed by atoms with Crippen molar-refractivity contribution in [2.45, 2.75) is 71.4 Å². The molecule has 5 rings (SSSR count). The quantitative estimate of drug-likeness (QED) is 0.309. The molecule has 1 saturated carbocycles. The number of aromatic amines is 1. The summed E-state index contributed by atoms with van der Waals surface area (Å²) in [5.74, 6) is 1.10. The maximum absolute atomic E-state index is 13.7. The van der Waals surface area contributed by atoms with Gasteiger partial charge in [-0.3, -0.25) is 13.9 Å². The molecular weight excluding hydrogens is 464 g/mol. The number of aromatic nitrogens is 6. The number of H-pyrrole nitrogens is 1. The number of hydrogen-bond donors (Lipinski definition) is 1. The minimum atomic E-state index is -0.0556. The topological polar surface area (TPSA) is 98.5 Å². The van der Waals surface area contributed by atoms with Gasteiger partial charge in [-0.25, -0.2) is 9.89 Å². The van der Waals surface area contributed by atoms with E-state index in [2.05, 4.69) is 58.7 Å². The fourth-order valence-electron chi connectivity index (χ4n) is 5.48. The molecule has 0 radical (unpaired) electrons. The smallest absolute Gasteiger partial charge is 0.296 e. The third-order valence-corrected chi connectivity index (χ3v) is 7.46. The Labute approximate surface area is 216 Å². The summed E-state index contributed by atoms with van der Waals surface area (Å²) in [5.41, 5.74) is 5.39. The maximum Gasteiger partial charge on any atom is 0.329 e. The second-order valence-electron chi connectivity index (χ2n) is 10.4. The Kier molecular flexibility index (Phi) is 7.44. The standard InChI is InChI=1S/C29H34N6O2/c1-20(2)12-17-26-27(19-36)35(23-8-4-3-5-9-23)29(37)34(26)18-21-13-15-22(16-14-21)24-10-6-7-11-25(24)28-30-32-33-31-28/h6-7,10-11,13-16,19-20,23H,3-5,8-9,12,17-18H2,1-2H3,(H,30,31,32,33). The highest BCUT2D eigenvalue weighted by molar-refractivity contribution is 5.80. The number of carbonyl (C=O) groups excluding carboxylic acids is 1. The fraction of sp³-hybridized carbons (Fsp3) is 0.414. The Balaban J connectivity index is 1.49. The van der Waals surface area contributed by atoms with Crippen LogP contribution >= 0.6 is 0 Å². The Morgan fingerprint density at radius 1 is 1.03 bits per heavy atom. The third-order valence-electron chi connectivity index (χ3n) is 7.46. The van der Waals surface area contributed by atoms with Crippen LogP contribution < -0.4 is 5.69 Å². The first-order valence-corrected chi connectivity index (χ1v) is 13.3. The molecule has 0 atom stereocenters. The zero-order chi connectivity index (χ0) is 25.8. The molecule has 0 bridgehead atoms. The lowest BCUT2D eigenvalue weighted by molar-refractivity contribution is 0.111. The van der Waals surface area contributed by atoms with Crippen LogP contribution in [0, 0.1) is 5.92 Å². The average Bonchev–Trinajstić information content (AvgIpc) is 3.55. The molecule has 1 aliphatic rings. The van der Waals surface area contributed by atoms with Crippen molar-refractivity contribution in [3.8, 4) is 22.5 Å². The van der Waals surface area contributed by atoms with E-state index in [1.165, 1.54) is 6.42 Å². The Morgan fingerprint density at radius 3 is 2.41 bits per heavy atom. The first-order valence-electron chi connectivity index (χ1n) is 13.3. The van der Waals surface area contributed by atoms with E-state index in [0.717, 1.165) is 72.8 Å². The Morgan fingerprint density at radius 2 is 1.76 bits per heavy atom. The minimum absolute atomic E-state index is 0.0556. The molecule has 192 valence electrons. The first kappa shape index (κ1) is 24.9. The largest absolute Gasteiger partial charge is 0.329 e. The summed E-state index contributed by atoms with van der Waals surface area (Å²) >= 11 is 0. The molecule has 0 aliphatic heterocycles. The van der Waals surface area contributed by atoms with E-state index >= 15 is 0 Å². The van der Waals surface area contributed by atoms with Crippen molar-refractivity contribution >= 4 is 6.29 Å². The lowest BCUT2D eigenvalue weighted by atomic mass is 9.95. The fourth-order valence-corrected chi connectivity index (χ4v) is 5.48. The van der Waals surface area contributed by atoms with Gasteiger partial charge < -0.3 is 0 Å². The molecule has 1 fully saturated rings. The van der Waals surface area contributed by atoms with E-state index in [4.69, 9.17) is 0 Å². The van der Waals surface area contributed by atoms with Crippen LogP contribution in [0.4, 0.5) is 0 Å². The summed E-state index contributed by atoms with van der Waals surface area (Å²) in [6, 6.07) is 16.3. The van der Waals surface area contributed by atoms with Crippen molar-refractivity contribution in [2.75, 3.05) is 0 Å². The normalized spacial score (nSPS) is 14.4. The van der Waals surface area contributed by atoms with Gasteiger partial charge in [0.05, 0.1) is 12.2 Å². The molecule has 0 spiro atoms. The van der Waals surface area contributed by atoms with Gasteiger partial charge in [0.15, 0.2) is 12.1 Å². The van der Waals surface area contributed by atoms with Gasteiger partial charge in [0.1, 0.15) is 5.69 Å². The number of rotatable bonds is 9. The van der Waals surface area contributed by atoms with E-state index in [9.17, 15) is 9.59 Å². The molecule has 1 N–H and O–H groups in total. The van der Waals surface area contributed by atoms with Crippen molar-refractivity contribution in [3.63, 3.8) is 0 Å². The van der Waals surface area contributed by atoms with Crippen molar-refractivity contribution in [1.82, 2.24) is 29.8 Å². The van der Waals surface area contributed by atoms with Crippen molar-refractivity contribution < 1.29 is 4.79 Å². The molecular formula is C29H34N6O2. The molecule has 8 heteroatoms. The van der Waals surface area contributed by atoms with Gasteiger partial charge in [0, 0.05) is 11.6 Å². The maximum atomic E-state index is 13.7. The molecule has 0 saturated heterocycles. The number of carbonyl (C=O) groups is 1. The molecule has 1 aliphatic carbocycles. The highest BCUT2D eigenvalue weighted by atomic mass is 16.2. The summed E-state index contributed by atoms with van der Waals surface area (Å²) in [6.45, 7) is 4.79. The van der Waals surface area contributed by atoms with Gasteiger partial charge in [-0.1, -0.05) is 81.6 Å². The SMILES string of the molecule is CC(C)CCc1c(C=O)n(C2CCCCC2)c(=O)n1Cc1ccc(-c2ccccc2-c2nnn[nH]2)cc1. The van der Waals surface area contributed by atoms with Crippen LogP contribution in [-0.4, -0.2) is 36.0 Å². The first-order chi connectivity index (χ1) is 18.1. The molecule has 2 heterocycles. The van der Waals surface area contributed by atoms with Crippen LogP contribution in [0.2, 0.25) is 0 Å². The average molecular weight is 499 g/mol. The number of tetrazole rings is 1. The predicted molar refractivity (Wildman–Crippen MR) is 144 cm³/mol. The van der Waals surface area contributed by atoms with Crippen LogP contribution in [0.15, 0.2) is 53.3 Å². The monoisotopic (exact) mass is 498 g/mol. The summed E-state index contributed by atoms with van der Waals surface area (Å²) in [4.78, 5) is 26.0. The van der Waals surface area contributed by atoms with Crippen LogP contribution in [0.25, 0.3) is 22.5 Å². The molecule has 2 aromatic carbocycles. The molecule has 0 unspecified atom stereocenters. The molecule has 0 amide bonds. The zero-order valence-electron chi connectivity index (χ0n) is 21.6. The van der Waals surface area contributed by atoms with Crippen LogP contribution in [0.3, 0.4) is 0 Å². The van der Waals surface area contributed by atoms with Crippen LogP contribution in [0.5, 0.6) is 0 Å².